The molecule has 4 N–H and O–H groups in total. The second kappa shape index (κ2) is 9.71. The first kappa shape index (κ1) is 21.1. The number of carbonyl (C=O) groups excluding carboxylic acids is 2. The van der Waals surface area contributed by atoms with E-state index in [0.717, 1.165) is 37.1 Å². The first-order valence-electron chi connectivity index (χ1n) is 9.47. The maximum Gasteiger partial charge on any atom is 0.253 e. The van der Waals surface area contributed by atoms with Crippen LogP contribution in [0.1, 0.15) is 22.3 Å². The summed E-state index contributed by atoms with van der Waals surface area (Å²) in [7, 11) is 0. The van der Waals surface area contributed by atoms with Gasteiger partial charge in [-0.3, -0.25) is 14.5 Å². The van der Waals surface area contributed by atoms with Crippen LogP contribution in [-0.4, -0.2) is 42.9 Å². The largest absolute Gasteiger partial charge is 0.398 e. The topological polar surface area (TPSA) is 87.5 Å². The lowest BCUT2D eigenvalue weighted by atomic mass is 10.1. The molecular formula is C21H24ClFN4O2. The van der Waals surface area contributed by atoms with Crippen molar-refractivity contribution in [2.45, 2.75) is 13.0 Å². The van der Waals surface area contributed by atoms with Crippen molar-refractivity contribution in [1.29, 1.82) is 0 Å². The van der Waals surface area contributed by atoms with E-state index in [2.05, 4.69) is 15.5 Å². The number of carbonyl (C=O) groups is 2. The van der Waals surface area contributed by atoms with Crippen LogP contribution in [0.5, 0.6) is 0 Å². The van der Waals surface area contributed by atoms with Crippen LogP contribution in [0.2, 0.25) is 5.02 Å². The van der Waals surface area contributed by atoms with Gasteiger partial charge in [-0.2, -0.15) is 0 Å². The number of rotatable bonds is 7. The van der Waals surface area contributed by atoms with Crippen LogP contribution in [-0.2, 0) is 11.3 Å². The zero-order valence-corrected chi connectivity index (χ0v) is 16.7. The molecule has 1 fully saturated rings. The van der Waals surface area contributed by atoms with Crippen LogP contribution in [0.25, 0.3) is 0 Å². The molecule has 1 unspecified atom stereocenters. The van der Waals surface area contributed by atoms with Crippen LogP contribution in [0.15, 0.2) is 42.5 Å². The van der Waals surface area contributed by atoms with Gasteiger partial charge in [0.2, 0.25) is 5.91 Å². The lowest BCUT2D eigenvalue weighted by molar-refractivity contribution is -0.120. The number of benzene rings is 2. The van der Waals surface area contributed by atoms with Gasteiger partial charge in [0.15, 0.2) is 0 Å². The van der Waals surface area contributed by atoms with E-state index in [1.807, 2.05) is 24.3 Å². The number of hydrogen-bond donors (Lipinski definition) is 3. The summed E-state index contributed by atoms with van der Waals surface area (Å²) in [6, 6.07) is 11.4. The average molecular weight is 419 g/mol. The molecule has 3 rings (SSSR count). The molecule has 0 bridgehead atoms. The number of anilines is 1. The number of nitrogens with zero attached hydrogens (tertiary/aromatic N) is 1. The number of halogens is 2. The summed E-state index contributed by atoms with van der Waals surface area (Å²) in [4.78, 5) is 26.4. The standard InChI is InChI=1S/C21H24ClFN4O2/c22-16-3-1-14(2-4-16)12-27-8-7-15(13-27)10-25-20(28)11-26-21(29)18-9-17(23)5-6-19(18)24/h1-6,9,15H,7-8,10-13,24H2,(H,25,28)(H,26,29). The Labute approximate surface area is 174 Å². The van der Waals surface area contributed by atoms with Gasteiger partial charge in [-0.1, -0.05) is 23.7 Å². The molecule has 154 valence electrons. The van der Waals surface area contributed by atoms with E-state index in [0.29, 0.717) is 12.5 Å². The molecule has 0 spiro atoms. The minimum atomic E-state index is -0.577. The zero-order chi connectivity index (χ0) is 20.8. The fourth-order valence-corrected chi connectivity index (χ4v) is 3.50. The molecule has 1 heterocycles. The number of nitrogens with one attached hydrogen (secondary N) is 2. The molecule has 2 aromatic rings. The van der Waals surface area contributed by atoms with Crippen LogP contribution in [0, 0.1) is 11.7 Å². The van der Waals surface area contributed by atoms with E-state index in [1.54, 1.807) is 0 Å². The van der Waals surface area contributed by atoms with E-state index in [4.69, 9.17) is 17.3 Å². The number of nitrogens with two attached hydrogens (primary N) is 1. The van der Waals surface area contributed by atoms with Crippen molar-refractivity contribution < 1.29 is 14.0 Å². The first-order chi connectivity index (χ1) is 13.9. The average Bonchev–Trinajstić information content (AvgIpc) is 3.15. The fraction of sp³-hybridized carbons (Fsp3) is 0.333. The fourth-order valence-electron chi connectivity index (χ4n) is 3.37. The molecule has 1 aliphatic rings. The van der Waals surface area contributed by atoms with Crippen LogP contribution < -0.4 is 16.4 Å². The van der Waals surface area contributed by atoms with Crippen molar-refractivity contribution in [3.63, 3.8) is 0 Å². The highest BCUT2D eigenvalue weighted by molar-refractivity contribution is 6.30. The van der Waals surface area contributed by atoms with Gasteiger partial charge in [0.05, 0.1) is 12.1 Å². The van der Waals surface area contributed by atoms with Crippen LogP contribution in [0.4, 0.5) is 10.1 Å². The zero-order valence-electron chi connectivity index (χ0n) is 16.0. The predicted molar refractivity (Wildman–Crippen MR) is 111 cm³/mol. The van der Waals surface area contributed by atoms with Gasteiger partial charge in [-0.25, -0.2) is 4.39 Å². The summed E-state index contributed by atoms with van der Waals surface area (Å²) in [6.45, 7) is 3.09. The van der Waals surface area contributed by atoms with Crippen molar-refractivity contribution in [3.05, 3.63) is 64.4 Å². The maximum atomic E-state index is 13.3. The molecule has 0 aliphatic carbocycles. The Kier molecular flexibility index (Phi) is 7.06. The van der Waals surface area contributed by atoms with Gasteiger partial charge in [0.1, 0.15) is 5.82 Å². The molecule has 1 saturated heterocycles. The summed E-state index contributed by atoms with van der Waals surface area (Å²) < 4.78 is 13.3. The van der Waals surface area contributed by atoms with Gasteiger partial charge >= 0.3 is 0 Å². The third-order valence-electron chi connectivity index (χ3n) is 4.95. The molecule has 29 heavy (non-hydrogen) atoms. The quantitative estimate of drug-likeness (QED) is 0.603. The molecule has 1 atom stereocenters. The summed E-state index contributed by atoms with van der Waals surface area (Å²) in [5.41, 5.74) is 7.06. The molecule has 0 saturated carbocycles. The summed E-state index contributed by atoms with van der Waals surface area (Å²) >= 11 is 5.91. The van der Waals surface area contributed by atoms with Crippen molar-refractivity contribution >= 4 is 29.1 Å². The maximum absolute atomic E-state index is 13.3. The lowest BCUT2D eigenvalue weighted by Crippen LogP contribution is -2.39. The summed E-state index contributed by atoms with van der Waals surface area (Å²) in [5.74, 6) is -1.06. The summed E-state index contributed by atoms with van der Waals surface area (Å²) in [6.07, 6.45) is 1.00. The first-order valence-corrected chi connectivity index (χ1v) is 9.85. The Morgan fingerprint density at radius 3 is 2.69 bits per heavy atom. The van der Waals surface area contributed by atoms with Gasteiger partial charge < -0.3 is 16.4 Å². The molecule has 8 heteroatoms. The van der Waals surface area contributed by atoms with Gasteiger partial charge in [0, 0.05) is 30.3 Å². The number of nitrogen functional groups attached to an aromatic ring is 1. The summed E-state index contributed by atoms with van der Waals surface area (Å²) in [5, 5.41) is 6.04. The predicted octanol–water partition coefficient (Wildman–Crippen LogP) is 2.43. The molecule has 0 aromatic heterocycles. The molecule has 2 aromatic carbocycles. The number of likely N-dealkylation sites (tertiary alicyclic amines) is 1. The third kappa shape index (κ3) is 6.17. The third-order valence-corrected chi connectivity index (χ3v) is 5.20. The minimum Gasteiger partial charge on any atom is -0.398 e. The molecular weight excluding hydrogens is 395 g/mol. The Morgan fingerprint density at radius 1 is 1.17 bits per heavy atom. The highest BCUT2D eigenvalue weighted by Gasteiger charge is 2.23. The minimum absolute atomic E-state index is 0.0198. The monoisotopic (exact) mass is 418 g/mol. The number of amides is 2. The Morgan fingerprint density at radius 2 is 1.93 bits per heavy atom. The van der Waals surface area contributed by atoms with Crippen molar-refractivity contribution in [1.82, 2.24) is 15.5 Å². The van der Waals surface area contributed by atoms with Gasteiger partial charge in [-0.05, 0) is 54.8 Å². The molecule has 6 nitrogen and oxygen atoms in total. The highest BCUT2D eigenvalue weighted by atomic mass is 35.5. The van der Waals surface area contributed by atoms with E-state index in [1.165, 1.54) is 17.7 Å². The smallest absolute Gasteiger partial charge is 0.253 e. The van der Waals surface area contributed by atoms with E-state index < -0.39 is 11.7 Å². The van der Waals surface area contributed by atoms with Crippen molar-refractivity contribution in [2.75, 3.05) is 31.9 Å². The van der Waals surface area contributed by atoms with Crippen LogP contribution in [0.3, 0.4) is 0 Å². The Bertz CT molecular complexity index is 875. The molecule has 0 radical (unpaired) electrons. The second-order valence-electron chi connectivity index (χ2n) is 7.23. The van der Waals surface area contributed by atoms with Crippen molar-refractivity contribution in [3.8, 4) is 0 Å². The van der Waals surface area contributed by atoms with E-state index >= 15 is 0 Å². The normalized spacial score (nSPS) is 16.6. The lowest BCUT2D eigenvalue weighted by Gasteiger charge is -2.16. The Balaban J connectivity index is 1.38. The van der Waals surface area contributed by atoms with Crippen molar-refractivity contribution in [2.24, 2.45) is 5.92 Å². The second-order valence-corrected chi connectivity index (χ2v) is 7.67. The van der Waals surface area contributed by atoms with Gasteiger partial charge in [-0.15, -0.1) is 0 Å². The highest BCUT2D eigenvalue weighted by Crippen LogP contribution is 2.19. The van der Waals surface area contributed by atoms with Gasteiger partial charge in [0.25, 0.3) is 5.91 Å². The van der Waals surface area contributed by atoms with Crippen LogP contribution >= 0.6 is 11.6 Å². The molecule has 2 amide bonds. The number of hydrogen-bond acceptors (Lipinski definition) is 4. The van der Waals surface area contributed by atoms with E-state index in [-0.39, 0.29) is 23.7 Å². The SMILES string of the molecule is Nc1ccc(F)cc1C(=O)NCC(=O)NCC1CCN(Cc2ccc(Cl)cc2)C1. The Hall–Kier alpha value is -2.64. The molecule has 1 aliphatic heterocycles. The van der Waals surface area contributed by atoms with E-state index in [9.17, 15) is 14.0 Å².